The summed E-state index contributed by atoms with van der Waals surface area (Å²) in [5.41, 5.74) is 1.13. The predicted molar refractivity (Wildman–Crippen MR) is 73.7 cm³/mol. The van der Waals surface area contributed by atoms with Crippen LogP contribution in [-0.2, 0) is 11.3 Å². The molecule has 2 rings (SSSR count). The van der Waals surface area contributed by atoms with Crippen LogP contribution in [0.2, 0.25) is 0 Å². The van der Waals surface area contributed by atoms with Gasteiger partial charge in [0, 0.05) is 42.9 Å². The van der Waals surface area contributed by atoms with Gasteiger partial charge in [0.05, 0.1) is 6.10 Å². The zero-order valence-electron chi connectivity index (χ0n) is 11.1. The van der Waals surface area contributed by atoms with Crippen LogP contribution < -0.4 is 5.32 Å². The molecule has 1 N–H and O–H groups in total. The Kier molecular flexibility index (Phi) is 5.41. The van der Waals surface area contributed by atoms with Crippen molar-refractivity contribution in [3.8, 4) is 0 Å². The molecule has 1 aromatic rings. The predicted octanol–water partition coefficient (Wildman–Crippen LogP) is 2.25. The van der Waals surface area contributed by atoms with E-state index in [1.54, 1.807) is 11.8 Å². The van der Waals surface area contributed by atoms with E-state index in [-0.39, 0.29) is 0 Å². The molecule has 1 aromatic heterocycles. The first-order valence-electron chi connectivity index (χ1n) is 6.53. The van der Waals surface area contributed by atoms with Gasteiger partial charge in [-0.2, -0.15) is 0 Å². The Morgan fingerprint density at radius 1 is 1.44 bits per heavy atom. The van der Waals surface area contributed by atoms with Gasteiger partial charge in [0.2, 0.25) is 0 Å². The van der Waals surface area contributed by atoms with Gasteiger partial charge in [0.1, 0.15) is 0 Å². The third-order valence-electron chi connectivity index (χ3n) is 2.82. The van der Waals surface area contributed by atoms with Crippen molar-refractivity contribution < 1.29 is 4.74 Å². The van der Waals surface area contributed by atoms with Crippen LogP contribution in [0.3, 0.4) is 0 Å². The van der Waals surface area contributed by atoms with Gasteiger partial charge in [-0.25, -0.2) is 9.97 Å². The molecule has 0 radical (unpaired) electrons. The summed E-state index contributed by atoms with van der Waals surface area (Å²) in [4.78, 5) is 8.75. The maximum atomic E-state index is 5.58. The first-order valence-corrected chi connectivity index (χ1v) is 7.51. The Hall–Kier alpha value is -0.650. The van der Waals surface area contributed by atoms with Gasteiger partial charge in [-0.05, 0) is 12.8 Å². The summed E-state index contributed by atoms with van der Waals surface area (Å²) in [5, 5.41) is 4.20. The quantitative estimate of drug-likeness (QED) is 0.633. The van der Waals surface area contributed by atoms with Gasteiger partial charge in [0.25, 0.3) is 0 Å². The largest absolute Gasteiger partial charge is 0.377 e. The minimum Gasteiger partial charge on any atom is -0.377 e. The van der Waals surface area contributed by atoms with E-state index in [2.05, 4.69) is 29.1 Å². The topological polar surface area (TPSA) is 47.0 Å². The van der Waals surface area contributed by atoms with Crippen LogP contribution >= 0.6 is 11.8 Å². The molecule has 0 saturated carbocycles. The Morgan fingerprint density at radius 2 is 2.22 bits per heavy atom. The molecule has 0 bridgehead atoms. The fourth-order valence-electron chi connectivity index (χ4n) is 1.77. The van der Waals surface area contributed by atoms with Crippen molar-refractivity contribution in [3.63, 3.8) is 0 Å². The average molecular weight is 267 g/mol. The fourth-order valence-corrected chi connectivity index (χ4v) is 2.63. The molecule has 0 amide bonds. The van der Waals surface area contributed by atoms with Crippen molar-refractivity contribution in [3.05, 3.63) is 18.0 Å². The maximum Gasteiger partial charge on any atom is 0.187 e. The highest BCUT2D eigenvalue weighted by molar-refractivity contribution is 7.99. The summed E-state index contributed by atoms with van der Waals surface area (Å²) in [6.45, 7) is 6.00. The molecule has 1 fully saturated rings. The monoisotopic (exact) mass is 267 g/mol. The molecular weight excluding hydrogens is 246 g/mol. The van der Waals surface area contributed by atoms with E-state index in [4.69, 9.17) is 4.74 Å². The van der Waals surface area contributed by atoms with Crippen molar-refractivity contribution in [1.29, 1.82) is 0 Å². The zero-order chi connectivity index (χ0) is 12.8. The Morgan fingerprint density at radius 3 is 2.83 bits per heavy atom. The number of aromatic nitrogens is 2. The first-order chi connectivity index (χ1) is 8.74. The number of hydrogen-bond donors (Lipinski definition) is 1. The summed E-state index contributed by atoms with van der Waals surface area (Å²) in [6, 6.07) is 0.485. The number of hydrogen-bond acceptors (Lipinski definition) is 5. The number of nitrogens with zero attached hydrogens (tertiary/aromatic N) is 2. The van der Waals surface area contributed by atoms with Crippen LogP contribution in [0.1, 0.15) is 32.3 Å². The van der Waals surface area contributed by atoms with Gasteiger partial charge >= 0.3 is 0 Å². The van der Waals surface area contributed by atoms with Crippen molar-refractivity contribution in [2.24, 2.45) is 0 Å². The lowest BCUT2D eigenvalue weighted by molar-refractivity contribution is 0.129. The van der Waals surface area contributed by atoms with Crippen LogP contribution in [0.25, 0.3) is 0 Å². The van der Waals surface area contributed by atoms with Crippen molar-refractivity contribution >= 4 is 11.8 Å². The molecule has 0 spiro atoms. The molecule has 5 heteroatoms. The Bertz CT molecular complexity index is 350. The third kappa shape index (κ3) is 4.55. The van der Waals surface area contributed by atoms with Gasteiger partial charge in [-0.15, -0.1) is 0 Å². The Balaban J connectivity index is 1.76. The lowest BCUT2D eigenvalue weighted by Crippen LogP contribution is -2.22. The van der Waals surface area contributed by atoms with Crippen LogP contribution in [0, 0.1) is 0 Å². The molecule has 1 aliphatic rings. The number of thioether (sulfide) groups is 1. The highest BCUT2D eigenvalue weighted by Crippen LogP contribution is 2.20. The SMILES string of the molecule is CC(C)NCc1cnc(SCC2CCCO2)nc1. The molecule has 100 valence electrons. The lowest BCUT2D eigenvalue weighted by Gasteiger charge is -2.09. The van der Waals surface area contributed by atoms with Crippen LogP contribution in [0.5, 0.6) is 0 Å². The molecule has 2 heterocycles. The van der Waals surface area contributed by atoms with Gasteiger partial charge in [-0.1, -0.05) is 25.6 Å². The van der Waals surface area contributed by atoms with Crippen molar-refractivity contribution in [2.45, 2.75) is 50.5 Å². The summed E-state index contributed by atoms with van der Waals surface area (Å²) in [7, 11) is 0. The van der Waals surface area contributed by atoms with Gasteiger partial charge in [-0.3, -0.25) is 0 Å². The van der Waals surface area contributed by atoms with E-state index in [1.165, 1.54) is 12.8 Å². The fraction of sp³-hybridized carbons (Fsp3) is 0.692. The molecule has 1 aliphatic heterocycles. The summed E-state index contributed by atoms with van der Waals surface area (Å²) < 4.78 is 5.58. The van der Waals surface area contributed by atoms with E-state index < -0.39 is 0 Å². The molecule has 1 atom stereocenters. The number of rotatable bonds is 6. The van der Waals surface area contributed by atoms with Crippen molar-refractivity contribution in [1.82, 2.24) is 15.3 Å². The second-order valence-electron chi connectivity index (χ2n) is 4.86. The van der Waals surface area contributed by atoms with Crippen LogP contribution in [0.15, 0.2) is 17.6 Å². The van der Waals surface area contributed by atoms with E-state index >= 15 is 0 Å². The van der Waals surface area contributed by atoms with Crippen molar-refractivity contribution in [2.75, 3.05) is 12.4 Å². The molecule has 18 heavy (non-hydrogen) atoms. The van der Waals surface area contributed by atoms with Crippen LogP contribution in [0.4, 0.5) is 0 Å². The maximum absolute atomic E-state index is 5.58. The molecule has 1 saturated heterocycles. The Labute approximate surface area is 113 Å². The minimum absolute atomic E-state index is 0.390. The zero-order valence-corrected chi connectivity index (χ0v) is 11.9. The third-order valence-corrected chi connectivity index (χ3v) is 3.83. The average Bonchev–Trinajstić information content (AvgIpc) is 2.88. The van der Waals surface area contributed by atoms with Crippen LogP contribution in [-0.4, -0.2) is 34.5 Å². The van der Waals surface area contributed by atoms with Gasteiger partial charge < -0.3 is 10.1 Å². The standard InChI is InChI=1S/C13H21N3OS/c1-10(2)14-6-11-7-15-13(16-8-11)18-9-12-4-3-5-17-12/h7-8,10,12,14H,3-6,9H2,1-2H3. The highest BCUT2D eigenvalue weighted by Gasteiger charge is 2.16. The van der Waals surface area contributed by atoms with Gasteiger partial charge in [0.15, 0.2) is 5.16 Å². The lowest BCUT2D eigenvalue weighted by atomic mass is 10.3. The summed E-state index contributed by atoms with van der Waals surface area (Å²) in [6.07, 6.45) is 6.55. The minimum atomic E-state index is 0.390. The van der Waals surface area contributed by atoms with E-state index in [0.29, 0.717) is 12.1 Å². The van der Waals surface area contributed by atoms with E-state index in [0.717, 1.165) is 29.6 Å². The van der Waals surface area contributed by atoms with E-state index in [1.807, 2.05) is 12.4 Å². The smallest absolute Gasteiger partial charge is 0.187 e. The molecule has 0 aromatic carbocycles. The normalized spacial score (nSPS) is 19.6. The number of nitrogens with one attached hydrogen (secondary N) is 1. The second kappa shape index (κ2) is 7.07. The highest BCUT2D eigenvalue weighted by atomic mass is 32.2. The second-order valence-corrected chi connectivity index (χ2v) is 5.84. The van der Waals surface area contributed by atoms with E-state index in [9.17, 15) is 0 Å². The first kappa shape index (κ1) is 13.8. The molecular formula is C13H21N3OS. The summed E-state index contributed by atoms with van der Waals surface area (Å²) >= 11 is 1.68. The summed E-state index contributed by atoms with van der Waals surface area (Å²) in [5.74, 6) is 0.962. The molecule has 1 unspecified atom stereocenters. The number of ether oxygens (including phenoxy) is 1. The molecule has 4 nitrogen and oxygen atoms in total. The molecule has 0 aliphatic carbocycles.